The first-order valence-electron chi connectivity index (χ1n) is 7.12. The summed E-state index contributed by atoms with van der Waals surface area (Å²) in [5.74, 6) is -1.16. The fourth-order valence-corrected chi connectivity index (χ4v) is 3.50. The largest absolute Gasteiger partial charge is 0.480 e. The topological polar surface area (TPSA) is 70.5 Å². The molecule has 0 spiro atoms. The third kappa shape index (κ3) is 2.74. The molecule has 5 nitrogen and oxygen atoms in total. The lowest BCUT2D eigenvalue weighted by Gasteiger charge is -2.21. The molecule has 1 N–H and O–H groups in total. The summed E-state index contributed by atoms with van der Waals surface area (Å²) in [4.78, 5) is 29.7. The molecule has 1 aliphatic heterocycles. The van der Waals surface area contributed by atoms with Gasteiger partial charge in [-0.3, -0.25) is 4.79 Å². The van der Waals surface area contributed by atoms with Crippen LogP contribution in [0.5, 0.6) is 0 Å². The van der Waals surface area contributed by atoms with E-state index in [-0.39, 0.29) is 5.91 Å². The lowest BCUT2D eigenvalue weighted by Crippen LogP contribution is -2.40. The van der Waals surface area contributed by atoms with E-state index in [4.69, 9.17) is 0 Å². The Morgan fingerprint density at radius 2 is 2.23 bits per heavy atom. The lowest BCUT2D eigenvalue weighted by atomic mass is 10.1. The number of rotatable bonds is 3. The molecule has 2 heterocycles. The highest BCUT2D eigenvalue weighted by molar-refractivity contribution is 7.13. The summed E-state index contributed by atoms with van der Waals surface area (Å²) < 4.78 is 0. The summed E-state index contributed by atoms with van der Waals surface area (Å²) >= 11 is 1.53. The number of benzene rings is 1. The van der Waals surface area contributed by atoms with Crippen LogP contribution in [-0.4, -0.2) is 39.5 Å². The van der Waals surface area contributed by atoms with Crippen LogP contribution in [0.2, 0.25) is 0 Å². The van der Waals surface area contributed by atoms with E-state index in [9.17, 15) is 14.7 Å². The van der Waals surface area contributed by atoms with Gasteiger partial charge in [0.15, 0.2) is 0 Å². The average Bonchev–Trinajstić information content (AvgIpc) is 3.15. The molecule has 0 saturated carbocycles. The minimum Gasteiger partial charge on any atom is -0.480 e. The number of aliphatic carboxylic acids is 1. The number of thiazole rings is 1. The SMILES string of the molecule is Cc1csc(-c2cccc(C(=O)N3CCC[C@H]3C(=O)O)c2)n1. The Morgan fingerprint density at radius 1 is 1.41 bits per heavy atom. The van der Waals surface area contributed by atoms with Crippen LogP contribution >= 0.6 is 11.3 Å². The van der Waals surface area contributed by atoms with Gasteiger partial charge in [-0.2, -0.15) is 0 Å². The van der Waals surface area contributed by atoms with Crippen LogP contribution in [0.15, 0.2) is 29.6 Å². The van der Waals surface area contributed by atoms with Crippen LogP contribution in [0, 0.1) is 6.92 Å². The summed E-state index contributed by atoms with van der Waals surface area (Å²) in [6, 6.07) is 6.53. The van der Waals surface area contributed by atoms with Crippen LogP contribution in [0.1, 0.15) is 28.9 Å². The molecule has 0 unspecified atom stereocenters. The van der Waals surface area contributed by atoms with Crippen LogP contribution < -0.4 is 0 Å². The monoisotopic (exact) mass is 316 g/mol. The Kier molecular flexibility index (Phi) is 3.94. The van der Waals surface area contributed by atoms with Crippen molar-refractivity contribution in [2.24, 2.45) is 0 Å². The molecule has 1 amide bonds. The van der Waals surface area contributed by atoms with Gasteiger partial charge in [0.2, 0.25) is 0 Å². The number of nitrogens with zero attached hydrogens (tertiary/aromatic N) is 2. The Morgan fingerprint density at radius 3 is 2.91 bits per heavy atom. The van der Waals surface area contributed by atoms with Gasteiger partial charge < -0.3 is 10.0 Å². The number of hydrogen-bond donors (Lipinski definition) is 1. The Bertz CT molecular complexity index is 726. The van der Waals surface area contributed by atoms with E-state index in [2.05, 4.69) is 4.98 Å². The quantitative estimate of drug-likeness (QED) is 0.945. The van der Waals surface area contributed by atoms with Crippen molar-refractivity contribution in [1.82, 2.24) is 9.88 Å². The van der Waals surface area contributed by atoms with E-state index in [1.54, 1.807) is 12.1 Å². The maximum absolute atomic E-state index is 12.6. The average molecular weight is 316 g/mol. The third-order valence-electron chi connectivity index (χ3n) is 3.77. The van der Waals surface area contributed by atoms with Gasteiger partial charge in [-0.05, 0) is 31.9 Å². The third-order valence-corrected chi connectivity index (χ3v) is 4.78. The molecular weight excluding hydrogens is 300 g/mol. The molecule has 1 fully saturated rings. The van der Waals surface area contributed by atoms with Crippen LogP contribution in [-0.2, 0) is 4.79 Å². The highest BCUT2D eigenvalue weighted by Gasteiger charge is 2.34. The molecule has 22 heavy (non-hydrogen) atoms. The van der Waals surface area contributed by atoms with Gasteiger partial charge in [0.25, 0.3) is 5.91 Å². The molecule has 0 aliphatic carbocycles. The molecular formula is C16H16N2O3S. The van der Waals surface area contributed by atoms with E-state index in [1.165, 1.54) is 16.2 Å². The van der Waals surface area contributed by atoms with Crippen molar-refractivity contribution < 1.29 is 14.7 Å². The van der Waals surface area contributed by atoms with Crippen molar-refractivity contribution >= 4 is 23.2 Å². The summed E-state index contributed by atoms with van der Waals surface area (Å²) in [5.41, 5.74) is 2.34. The zero-order valence-corrected chi connectivity index (χ0v) is 13.0. The Labute approximate surface area is 132 Å². The van der Waals surface area contributed by atoms with Crippen molar-refractivity contribution in [1.29, 1.82) is 0 Å². The maximum Gasteiger partial charge on any atom is 0.326 e. The van der Waals surface area contributed by atoms with Gasteiger partial charge in [0, 0.05) is 28.7 Å². The van der Waals surface area contributed by atoms with Gasteiger partial charge in [-0.1, -0.05) is 12.1 Å². The van der Waals surface area contributed by atoms with Crippen molar-refractivity contribution in [2.75, 3.05) is 6.54 Å². The lowest BCUT2D eigenvalue weighted by molar-refractivity contribution is -0.141. The summed E-state index contributed by atoms with van der Waals surface area (Å²) in [5, 5.41) is 12.0. The fourth-order valence-electron chi connectivity index (χ4n) is 2.70. The van der Waals surface area contributed by atoms with Crippen molar-refractivity contribution in [3.8, 4) is 10.6 Å². The molecule has 2 aromatic rings. The predicted molar refractivity (Wildman–Crippen MR) is 84.0 cm³/mol. The Hall–Kier alpha value is -2.21. The normalized spacial score (nSPS) is 17.7. The molecule has 6 heteroatoms. The number of hydrogen-bond acceptors (Lipinski definition) is 4. The summed E-state index contributed by atoms with van der Waals surface area (Å²) in [6.45, 7) is 2.42. The minimum absolute atomic E-state index is 0.222. The maximum atomic E-state index is 12.6. The molecule has 0 bridgehead atoms. The van der Waals surface area contributed by atoms with Crippen molar-refractivity contribution in [2.45, 2.75) is 25.8 Å². The molecule has 0 radical (unpaired) electrons. The van der Waals surface area contributed by atoms with Crippen molar-refractivity contribution in [3.63, 3.8) is 0 Å². The first-order chi connectivity index (χ1) is 10.6. The molecule has 1 aromatic carbocycles. The smallest absolute Gasteiger partial charge is 0.326 e. The first-order valence-corrected chi connectivity index (χ1v) is 8.00. The summed E-state index contributed by atoms with van der Waals surface area (Å²) in [7, 11) is 0. The Balaban J connectivity index is 1.89. The second kappa shape index (κ2) is 5.88. The van der Waals surface area contributed by atoms with Gasteiger partial charge >= 0.3 is 5.97 Å². The number of carbonyl (C=O) groups is 2. The van der Waals surface area contributed by atoms with Gasteiger partial charge in [-0.15, -0.1) is 11.3 Å². The highest BCUT2D eigenvalue weighted by Crippen LogP contribution is 2.26. The van der Waals surface area contributed by atoms with Crippen LogP contribution in [0.25, 0.3) is 10.6 Å². The van der Waals surface area contributed by atoms with Gasteiger partial charge in [-0.25, -0.2) is 9.78 Å². The second-order valence-electron chi connectivity index (χ2n) is 5.37. The molecule has 1 aromatic heterocycles. The molecule has 1 aliphatic rings. The second-order valence-corrected chi connectivity index (χ2v) is 6.23. The highest BCUT2D eigenvalue weighted by atomic mass is 32.1. The number of carbonyl (C=O) groups excluding carboxylic acids is 1. The molecule has 3 rings (SSSR count). The van der Waals surface area contributed by atoms with Crippen LogP contribution in [0.4, 0.5) is 0 Å². The number of likely N-dealkylation sites (tertiary alicyclic amines) is 1. The van der Waals surface area contributed by atoms with E-state index in [1.807, 2.05) is 24.4 Å². The van der Waals surface area contributed by atoms with E-state index < -0.39 is 12.0 Å². The summed E-state index contributed by atoms with van der Waals surface area (Å²) in [6.07, 6.45) is 1.25. The first kappa shape index (κ1) is 14.7. The van der Waals surface area contributed by atoms with E-state index >= 15 is 0 Å². The van der Waals surface area contributed by atoms with Crippen LogP contribution in [0.3, 0.4) is 0 Å². The number of amides is 1. The number of carboxylic acids is 1. The zero-order chi connectivity index (χ0) is 15.7. The molecule has 1 saturated heterocycles. The van der Waals surface area contributed by atoms with E-state index in [0.717, 1.165) is 22.7 Å². The molecule has 114 valence electrons. The number of aryl methyl sites for hydroxylation is 1. The molecule has 1 atom stereocenters. The number of aromatic nitrogens is 1. The predicted octanol–water partition coefficient (Wildman–Crippen LogP) is 2.81. The number of carboxylic acid groups (broad SMARTS) is 1. The van der Waals surface area contributed by atoms with Gasteiger partial charge in [0.05, 0.1) is 0 Å². The minimum atomic E-state index is -0.933. The van der Waals surface area contributed by atoms with Crippen molar-refractivity contribution in [3.05, 3.63) is 40.9 Å². The zero-order valence-electron chi connectivity index (χ0n) is 12.2. The van der Waals surface area contributed by atoms with Gasteiger partial charge in [0.1, 0.15) is 11.0 Å². The fraction of sp³-hybridized carbons (Fsp3) is 0.312. The van der Waals surface area contributed by atoms with E-state index in [0.29, 0.717) is 18.5 Å². The standard InChI is InChI=1S/C16H16N2O3S/c1-10-9-22-14(17-10)11-4-2-5-12(8-11)15(19)18-7-3-6-13(18)16(20)21/h2,4-5,8-9,13H,3,6-7H2,1H3,(H,20,21)/t13-/m0/s1.